The van der Waals surface area contributed by atoms with E-state index in [1.165, 1.54) is 44.9 Å². The topological polar surface area (TPSA) is 17.1 Å². The molecule has 0 unspecified atom stereocenters. The number of hydrogen-bond acceptors (Lipinski definition) is 1. The van der Waals surface area contributed by atoms with Crippen LogP contribution < -0.4 is 0 Å². The van der Waals surface area contributed by atoms with E-state index in [4.69, 9.17) is 0 Å². The standard InChI is InChI=1S/C13H24O/c1-3-4-5-6-7-8-9-10-11-13(2)12-14/h11-12H,3-10H2,1-2H3. The molecule has 1 nitrogen and oxygen atoms in total. The van der Waals surface area contributed by atoms with E-state index in [-0.39, 0.29) is 0 Å². The molecule has 0 aromatic rings. The number of aldehydes is 1. The third-order valence-electron chi connectivity index (χ3n) is 2.46. The number of carbonyl (C=O) groups is 1. The van der Waals surface area contributed by atoms with Crippen LogP contribution in [-0.2, 0) is 4.79 Å². The summed E-state index contributed by atoms with van der Waals surface area (Å²) in [6.45, 7) is 4.11. The van der Waals surface area contributed by atoms with E-state index < -0.39 is 0 Å². The van der Waals surface area contributed by atoms with Gasteiger partial charge < -0.3 is 0 Å². The molecule has 1 heteroatoms. The summed E-state index contributed by atoms with van der Waals surface area (Å²) in [6, 6.07) is 0. The van der Waals surface area contributed by atoms with Crippen LogP contribution in [0.2, 0.25) is 0 Å². The first-order valence-electron chi connectivity index (χ1n) is 5.93. The molecule has 0 spiro atoms. The fourth-order valence-corrected chi connectivity index (χ4v) is 1.48. The minimum atomic E-state index is 0.871. The molecule has 0 aromatic carbocycles. The highest BCUT2D eigenvalue weighted by atomic mass is 16.1. The molecule has 0 rings (SSSR count). The zero-order valence-corrected chi connectivity index (χ0v) is 9.72. The van der Waals surface area contributed by atoms with Crippen molar-refractivity contribution in [3.8, 4) is 0 Å². The van der Waals surface area contributed by atoms with Gasteiger partial charge in [0.2, 0.25) is 0 Å². The van der Waals surface area contributed by atoms with Gasteiger partial charge >= 0.3 is 0 Å². The molecule has 0 aliphatic carbocycles. The molecule has 0 heterocycles. The van der Waals surface area contributed by atoms with E-state index >= 15 is 0 Å². The van der Waals surface area contributed by atoms with Crippen LogP contribution in [0.3, 0.4) is 0 Å². The highest BCUT2D eigenvalue weighted by molar-refractivity contribution is 5.71. The van der Waals surface area contributed by atoms with Crippen LogP contribution >= 0.6 is 0 Å². The van der Waals surface area contributed by atoms with Crippen molar-refractivity contribution in [3.05, 3.63) is 11.6 Å². The highest BCUT2D eigenvalue weighted by Gasteiger charge is 1.90. The minimum absolute atomic E-state index is 0.871. The second-order valence-electron chi connectivity index (χ2n) is 3.98. The van der Waals surface area contributed by atoms with Crippen LogP contribution in [-0.4, -0.2) is 6.29 Å². The van der Waals surface area contributed by atoms with Gasteiger partial charge in [-0.05, 0) is 25.3 Å². The Morgan fingerprint density at radius 3 is 2.14 bits per heavy atom. The van der Waals surface area contributed by atoms with Crippen LogP contribution in [0.4, 0.5) is 0 Å². The van der Waals surface area contributed by atoms with Gasteiger partial charge in [0.25, 0.3) is 0 Å². The Morgan fingerprint density at radius 1 is 1.00 bits per heavy atom. The summed E-state index contributed by atoms with van der Waals surface area (Å²) in [5.74, 6) is 0. The second-order valence-corrected chi connectivity index (χ2v) is 3.98. The molecule has 0 radical (unpaired) electrons. The third-order valence-corrected chi connectivity index (χ3v) is 2.46. The summed E-state index contributed by atoms with van der Waals surface area (Å²) in [7, 11) is 0. The van der Waals surface area contributed by atoms with E-state index in [1.54, 1.807) is 0 Å². The Labute approximate surface area is 88.6 Å². The largest absolute Gasteiger partial charge is 0.298 e. The predicted molar refractivity (Wildman–Crippen MR) is 62.4 cm³/mol. The molecule has 0 N–H and O–H groups in total. The van der Waals surface area contributed by atoms with Gasteiger partial charge in [-0.1, -0.05) is 51.5 Å². The average molecular weight is 196 g/mol. The van der Waals surface area contributed by atoms with Gasteiger partial charge in [-0.2, -0.15) is 0 Å². The number of hydrogen-bond donors (Lipinski definition) is 0. The molecule has 0 saturated heterocycles. The van der Waals surface area contributed by atoms with Crippen LogP contribution in [0.25, 0.3) is 0 Å². The van der Waals surface area contributed by atoms with Crippen molar-refractivity contribution in [2.24, 2.45) is 0 Å². The first-order chi connectivity index (χ1) is 6.81. The fraction of sp³-hybridized carbons (Fsp3) is 0.769. The lowest BCUT2D eigenvalue weighted by Gasteiger charge is -1.98. The molecule has 0 amide bonds. The van der Waals surface area contributed by atoms with Gasteiger partial charge in [-0.25, -0.2) is 0 Å². The van der Waals surface area contributed by atoms with Crippen molar-refractivity contribution in [1.29, 1.82) is 0 Å². The molecule has 0 bridgehead atoms. The first-order valence-corrected chi connectivity index (χ1v) is 5.93. The van der Waals surface area contributed by atoms with Crippen LogP contribution in [0.15, 0.2) is 11.6 Å². The van der Waals surface area contributed by atoms with Crippen molar-refractivity contribution in [2.45, 2.75) is 65.2 Å². The molecule has 14 heavy (non-hydrogen) atoms. The number of carbonyl (C=O) groups excluding carboxylic acids is 1. The van der Waals surface area contributed by atoms with Gasteiger partial charge in [0.15, 0.2) is 0 Å². The summed E-state index contributed by atoms with van der Waals surface area (Å²) < 4.78 is 0. The van der Waals surface area contributed by atoms with Gasteiger partial charge in [0.1, 0.15) is 6.29 Å². The van der Waals surface area contributed by atoms with Crippen molar-refractivity contribution in [2.75, 3.05) is 0 Å². The van der Waals surface area contributed by atoms with Crippen molar-refractivity contribution >= 4 is 6.29 Å². The molecule has 0 atom stereocenters. The Morgan fingerprint density at radius 2 is 1.57 bits per heavy atom. The van der Waals surface area contributed by atoms with Gasteiger partial charge in [-0.3, -0.25) is 4.79 Å². The average Bonchev–Trinajstić information content (AvgIpc) is 2.21. The predicted octanol–water partition coefficient (Wildman–Crippen LogP) is 4.27. The van der Waals surface area contributed by atoms with Gasteiger partial charge in [-0.15, -0.1) is 0 Å². The SMILES string of the molecule is CCCCCCCCCC=C(C)C=O. The van der Waals surface area contributed by atoms with Crippen molar-refractivity contribution in [3.63, 3.8) is 0 Å². The maximum Gasteiger partial charge on any atom is 0.145 e. The van der Waals surface area contributed by atoms with Crippen LogP contribution in [0.1, 0.15) is 65.2 Å². The molecular formula is C13H24O. The van der Waals surface area contributed by atoms with Gasteiger partial charge in [0.05, 0.1) is 0 Å². The summed E-state index contributed by atoms with van der Waals surface area (Å²) >= 11 is 0. The first kappa shape index (κ1) is 13.4. The summed E-state index contributed by atoms with van der Waals surface area (Å²) in [5, 5.41) is 0. The Hall–Kier alpha value is -0.590. The Balaban J connectivity index is 3.10. The maximum absolute atomic E-state index is 10.3. The van der Waals surface area contributed by atoms with E-state index in [0.29, 0.717) is 0 Å². The van der Waals surface area contributed by atoms with Gasteiger partial charge in [0, 0.05) is 0 Å². The fourth-order valence-electron chi connectivity index (χ4n) is 1.48. The normalized spacial score (nSPS) is 11.7. The lowest BCUT2D eigenvalue weighted by molar-refractivity contribution is -0.104. The van der Waals surface area contributed by atoms with E-state index in [1.807, 2.05) is 13.0 Å². The number of allylic oxidation sites excluding steroid dienone is 2. The summed E-state index contributed by atoms with van der Waals surface area (Å²) in [6.07, 6.45) is 13.4. The number of rotatable bonds is 9. The molecule has 0 aliphatic rings. The third kappa shape index (κ3) is 9.50. The molecule has 82 valence electrons. The van der Waals surface area contributed by atoms with Crippen molar-refractivity contribution < 1.29 is 4.79 Å². The number of unbranched alkanes of at least 4 members (excludes halogenated alkanes) is 7. The van der Waals surface area contributed by atoms with E-state index in [2.05, 4.69) is 6.92 Å². The summed E-state index contributed by atoms with van der Waals surface area (Å²) in [4.78, 5) is 10.3. The van der Waals surface area contributed by atoms with Crippen molar-refractivity contribution in [1.82, 2.24) is 0 Å². The molecule has 0 saturated carbocycles. The van der Waals surface area contributed by atoms with E-state index in [9.17, 15) is 4.79 Å². The lowest BCUT2D eigenvalue weighted by atomic mass is 10.1. The zero-order chi connectivity index (χ0) is 10.6. The molecule has 0 aromatic heterocycles. The molecular weight excluding hydrogens is 172 g/mol. The maximum atomic E-state index is 10.3. The second kappa shape index (κ2) is 10.5. The quantitative estimate of drug-likeness (QED) is 0.306. The van der Waals surface area contributed by atoms with Crippen LogP contribution in [0, 0.1) is 0 Å². The molecule has 0 aliphatic heterocycles. The monoisotopic (exact) mass is 196 g/mol. The molecule has 0 fully saturated rings. The van der Waals surface area contributed by atoms with E-state index in [0.717, 1.165) is 18.3 Å². The van der Waals surface area contributed by atoms with Crippen LogP contribution in [0.5, 0.6) is 0 Å². The Kier molecular flexibility index (Phi) is 10.0. The lowest BCUT2D eigenvalue weighted by Crippen LogP contribution is -1.80. The minimum Gasteiger partial charge on any atom is -0.298 e. The Bertz CT molecular complexity index is 159. The summed E-state index contributed by atoms with van der Waals surface area (Å²) in [5.41, 5.74) is 0.871. The smallest absolute Gasteiger partial charge is 0.145 e. The highest BCUT2D eigenvalue weighted by Crippen LogP contribution is 2.09. The zero-order valence-electron chi connectivity index (χ0n) is 9.72.